The molecule has 4 nitrogen and oxygen atoms in total. The van der Waals surface area contributed by atoms with Crippen LogP contribution in [0.1, 0.15) is 37.3 Å². The summed E-state index contributed by atoms with van der Waals surface area (Å²) in [6, 6.07) is 16.0. The summed E-state index contributed by atoms with van der Waals surface area (Å²) in [6.45, 7) is 8.61. The second-order valence-electron chi connectivity index (χ2n) is 7.45. The number of ether oxygens (including phenoxy) is 1. The van der Waals surface area contributed by atoms with E-state index in [1.165, 1.54) is 11.1 Å². The molecule has 150 valence electrons. The van der Waals surface area contributed by atoms with Crippen molar-refractivity contribution < 1.29 is 9.53 Å². The van der Waals surface area contributed by atoms with E-state index >= 15 is 0 Å². The molecule has 2 aromatic carbocycles. The van der Waals surface area contributed by atoms with Gasteiger partial charge in [-0.1, -0.05) is 49.7 Å². The van der Waals surface area contributed by atoms with Crippen molar-refractivity contribution in [2.75, 3.05) is 32.8 Å². The van der Waals surface area contributed by atoms with Crippen LogP contribution in [0.5, 0.6) is 5.75 Å². The summed E-state index contributed by atoms with van der Waals surface area (Å²) in [5.41, 5.74) is 2.55. The van der Waals surface area contributed by atoms with Crippen LogP contribution in [0.25, 0.3) is 0 Å². The number of carbonyl (C=O) groups is 1. The first-order valence-electron chi connectivity index (χ1n) is 10.0. The van der Waals surface area contributed by atoms with Crippen LogP contribution in [0.15, 0.2) is 48.5 Å². The number of amides is 1. The quantitative estimate of drug-likeness (QED) is 0.682. The molecule has 1 aliphatic heterocycles. The Morgan fingerprint density at radius 1 is 1.04 bits per heavy atom. The highest BCUT2D eigenvalue weighted by molar-refractivity contribution is 6.30. The summed E-state index contributed by atoms with van der Waals surface area (Å²) in [5.74, 6) is 1.35. The van der Waals surface area contributed by atoms with Crippen molar-refractivity contribution in [1.82, 2.24) is 9.80 Å². The average molecular weight is 401 g/mol. The summed E-state index contributed by atoms with van der Waals surface area (Å²) in [6.07, 6.45) is 1.11. The minimum atomic E-state index is 0.0529. The van der Waals surface area contributed by atoms with E-state index in [4.69, 9.17) is 16.3 Å². The largest absolute Gasteiger partial charge is 0.484 e. The van der Waals surface area contributed by atoms with Gasteiger partial charge >= 0.3 is 0 Å². The maximum absolute atomic E-state index is 12.5. The molecule has 0 saturated carbocycles. The van der Waals surface area contributed by atoms with E-state index in [9.17, 15) is 4.79 Å². The molecule has 3 rings (SSSR count). The third-order valence-electron chi connectivity index (χ3n) is 5.47. The number of benzene rings is 2. The van der Waals surface area contributed by atoms with E-state index in [1.54, 1.807) is 0 Å². The number of carbonyl (C=O) groups excluding carboxylic acids is 1. The maximum atomic E-state index is 12.5. The lowest BCUT2D eigenvalue weighted by Gasteiger charge is -2.34. The number of hydrogen-bond donors (Lipinski definition) is 0. The Kier molecular flexibility index (Phi) is 7.35. The summed E-state index contributed by atoms with van der Waals surface area (Å²) in [4.78, 5) is 16.7. The number of rotatable bonds is 7. The average Bonchev–Trinajstić information content (AvgIpc) is 2.74. The first-order chi connectivity index (χ1) is 13.5. The monoisotopic (exact) mass is 400 g/mol. The molecular formula is C23H29ClN2O2. The molecule has 1 amide bonds. The van der Waals surface area contributed by atoms with Gasteiger partial charge in [0.25, 0.3) is 5.91 Å². The molecule has 5 heteroatoms. The van der Waals surface area contributed by atoms with Crippen LogP contribution >= 0.6 is 11.6 Å². The zero-order valence-corrected chi connectivity index (χ0v) is 17.5. The van der Waals surface area contributed by atoms with Gasteiger partial charge in [0, 0.05) is 37.7 Å². The second kappa shape index (κ2) is 9.94. The number of nitrogens with zero attached hydrogens (tertiary/aromatic N) is 2. The van der Waals surface area contributed by atoms with Crippen molar-refractivity contribution in [1.29, 1.82) is 0 Å². The summed E-state index contributed by atoms with van der Waals surface area (Å²) in [7, 11) is 0. The molecule has 28 heavy (non-hydrogen) atoms. The maximum Gasteiger partial charge on any atom is 0.260 e. The SMILES string of the molecule is CCC(C)c1ccc(OCC(=O)N2CCN(Cc3ccc(Cl)cc3)CC2)cc1. The first-order valence-corrected chi connectivity index (χ1v) is 10.4. The molecule has 1 atom stereocenters. The predicted molar refractivity (Wildman–Crippen MR) is 114 cm³/mol. The molecule has 0 aliphatic carbocycles. The van der Waals surface area contributed by atoms with Gasteiger partial charge in [0.2, 0.25) is 0 Å². The highest BCUT2D eigenvalue weighted by atomic mass is 35.5. The summed E-state index contributed by atoms with van der Waals surface area (Å²) < 4.78 is 5.71. The molecule has 0 aromatic heterocycles. The highest BCUT2D eigenvalue weighted by Crippen LogP contribution is 2.21. The third kappa shape index (κ3) is 5.73. The van der Waals surface area contributed by atoms with Gasteiger partial charge in [0.15, 0.2) is 6.61 Å². The summed E-state index contributed by atoms with van der Waals surface area (Å²) >= 11 is 5.94. The van der Waals surface area contributed by atoms with Crippen molar-refractivity contribution in [2.24, 2.45) is 0 Å². The molecule has 1 heterocycles. The number of piperazine rings is 1. The van der Waals surface area contributed by atoms with Gasteiger partial charge in [-0.05, 0) is 47.7 Å². The molecule has 0 N–H and O–H groups in total. The topological polar surface area (TPSA) is 32.8 Å². The Labute approximate surface area is 173 Å². The minimum Gasteiger partial charge on any atom is -0.484 e. The molecule has 1 unspecified atom stereocenters. The molecular weight excluding hydrogens is 372 g/mol. The Morgan fingerprint density at radius 3 is 2.29 bits per heavy atom. The van der Waals surface area contributed by atoms with Crippen LogP contribution in [-0.4, -0.2) is 48.5 Å². The van der Waals surface area contributed by atoms with Crippen molar-refractivity contribution in [3.05, 3.63) is 64.7 Å². The van der Waals surface area contributed by atoms with Crippen molar-refractivity contribution in [3.63, 3.8) is 0 Å². The van der Waals surface area contributed by atoms with Crippen LogP contribution in [0.3, 0.4) is 0 Å². The van der Waals surface area contributed by atoms with Crippen LogP contribution in [0.4, 0.5) is 0 Å². The van der Waals surface area contributed by atoms with Gasteiger partial charge in [0.05, 0.1) is 0 Å². The Morgan fingerprint density at radius 2 is 1.68 bits per heavy atom. The van der Waals surface area contributed by atoms with Crippen LogP contribution in [-0.2, 0) is 11.3 Å². The lowest BCUT2D eigenvalue weighted by molar-refractivity contribution is -0.135. The third-order valence-corrected chi connectivity index (χ3v) is 5.72. The fraction of sp³-hybridized carbons (Fsp3) is 0.435. The van der Waals surface area contributed by atoms with Crippen LogP contribution in [0, 0.1) is 0 Å². The molecule has 1 saturated heterocycles. The molecule has 1 aliphatic rings. The molecule has 0 bridgehead atoms. The van der Waals surface area contributed by atoms with Gasteiger partial charge in [-0.15, -0.1) is 0 Å². The van der Waals surface area contributed by atoms with Crippen LogP contribution < -0.4 is 4.74 Å². The highest BCUT2D eigenvalue weighted by Gasteiger charge is 2.21. The smallest absolute Gasteiger partial charge is 0.260 e. The zero-order valence-electron chi connectivity index (χ0n) is 16.7. The number of halogens is 1. The van der Waals surface area contributed by atoms with E-state index in [1.807, 2.05) is 29.2 Å². The fourth-order valence-electron chi connectivity index (χ4n) is 3.37. The second-order valence-corrected chi connectivity index (χ2v) is 7.89. The fourth-order valence-corrected chi connectivity index (χ4v) is 3.49. The van der Waals surface area contributed by atoms with Gasteiger partial charge in [-0.25, -0.2) is 0 Å². The Bertz CT molecular complexity index is 753. The van der Waals surface area contributed by atoms with E-state index in [0.717, 1.165) is 49.9 Å². The molecule has 0 radical (unpaired) electrons. The van der Waals surface area contributed by atoms with E-state index in [2.05, 4.69) is 43.0 Å². The van der Waals surface area contributed by atoms with E-state index in [-0.39, 0.29) is 12.5 Å². The van der Waals surface area contributed by atoms with Gasteiger partial charge in [0.1, 0.15) is 5.75 Å². The van der Waals surface area contributed by atoms with Crippen molar-refractivity contribution in [2.45, 2.75) is 32.7 Å². The minimum absolute atomic E-state index is 0.0529. The normalized spacial score (nSPS) is 16.0. The van der Waals surface area contributed by atoms with Gasteiger partial charge in [-0.3, -0.25) is 9.69 Å². The standard InChI is InChI=1S/C23H29ClN2O2/c1-3-18(2)20-6-10-22(11-7-20)28-17-23(27)26-14-12-25(13-15-26)16-19-4-8-21(24)9-5-19/h4-11,18H,3,12-17H2,1-2H3. The summed E-state index contributed by atoms with van der Waals surface area (Å²) in [5, 5.41) is 0.758. The predicted octanol–water partition coefficient (Wildman–Crippen LogP) is 4.58. The zero-order chi connectivity index (χ0) is 19.9. The molecule has 1 fully saturated rings. The van der Waals surface area contributed by atoms with E-state index in [0.29, 0.717) is 5.92 Å². The van der Waals surface area contributed by atoms with Crippen LogP contribution in [0.2, 0.25) is 5.02 Å². The van der Waals surface area contributed by atoms with Crippen molar-refractivity contribution in [3.8, 4) is 5.75 Å². The Hall–Kier alpha value is -2.04. The first kappa shape index (κ1) is 20.7. The van der Waals surface area contributed by atoms with Gasteiger partial charge < -0.3 is 9.64 Å². The lowest BCUT2D eigenvalue weighted by atomic mass is 9.99. The molecule has 0 spiro atoms. The number of hydrogen-bond acceptors (Lipinski definition) is 3. The van der Waals surface area contributed by atoms with Gasteiger partial charge in [-0.2, -0.15) is 0 Å². The Balaban J connectivity index is 1.41. The van der Waals surface area contributed by atoms with E-state index < -0.39 is 0 Å². The van der Waals surface area contributed by atoms with Crippen molar-refractivity contribution >= 4 is 17.5 Å². The lowest BCUT2D eigenvalue weighted by Crippen LogP contribution is -2.49. The molecule has 2 aromatic rings.